The molecule has 2 aromatic heterocycles. The molecule has 3 heterocycles. The summed E-state index contributed by atoms with van der Waals surface area (Å²) in [5.74, 6) is -0.256. The van der Waals surface area contributed by atoms with Gasteiger partial charge in [-0.2, -0.15) is 0 Å². The zero-order chi connectivity index (χ0) is 18.1. The maximum atomic E-state index is 12.4. The molecule has 4 rings (SSSR count). The number of hydrogen-bond donors (Lipinski definition) is 2. The number of aromatic nitrogens is 2. The fourth-order valence-electron chi connectivity index (χ4n) is 2.73. The van der Waals surface area contributed by atoms with E-state index < -0.39 is 11.8 Å². The Balaban J connectivity index is 1.75. The molecule has 0 bridgehead atoms. The first-order valence-electron chi connectivity index (χ1n) is 7.83. The van der Waals surface area contributed by atoms with E-state index in [2.05, 4.69) is 31.5 Å². The minimum Gasteiger partial charge on any atom is -0.346 e. The van der Waals surface area contributed by atoms with Gasteiger partial charge in [-0.25, -0.2) is 4.98 Å². The second-order valence-corrected chi connectivity index (χ2v) is 6.58. The Morgan fingerprint density at radius 1 is 1.04 bits per heavy atom. The predicted octanol–water partition coefficient (Wildman–Crippen LogP) is 3.36. The molecule has 2 amide bonds. The predicted molar refractivity (Wildman–Crippen MR) is 102 cm³/mol. The average Bonchev–Trinajstić information content (AvgIpc) is 3.17. The number of benzene rings is 1. The summed E-state index contributed by atoms with van der Waals surface area (Å²) in [5.41, 5.74) is 2.27. The number of rotatable bonds is 3. The van der Waals surface area contributed by atoms with E-state index in [0.717, 1.165) is 10.2 Å². The molecule has 0 aliphatic carbocycles. The number of amides is 2. The lowest BCUT2D eigenvalue weighted by atomic mass is 9.95. The molecule has 0 atom stereocenters. The molecule has 6 nitrogen and oxygen atoms in total. The van der Waals surface area contributed by atoms with E-state index in [1.807, 2.05) is 47.3 Å². The van der Waals surface area contributed by atoms with Crippen molar-refractivity contribution in [3.05, 3.63) is 82.9 Å². The first-order chi connectivity index (χ1) is 12.6. The van der Waals surface area contributed by atoms with Gasteiger partial charge in [0.2, 0.25) is 0 Å². The van der Waals surface area contributed by atoms with Crippen LogP contribution in [0.2, 0.25) is 0 Å². The molecule has 26 heavy (non-hydrogen) atoms. The van der Waals surface area contributed by atoms with Crippen LogP contribution >= 0.6 is 15.9 Å². The number of imide groups is 1. The first-order valence-corrected chi connectivity index (χ1v) is 8.63. The largest absolute Gasteiger partial charge is 0.346 e. The van der Waals surface area contributed by atoms with Crippen LogP contribution < -0.4 is 10.6 Å². The van der Waals surface area contributed by atoms with Gasteiger partial charge in [-0.3, -0.25) is 14.9 Å². The van der Waals surface area contributed by atoms with E-state index in [-0.39, 0.29) is 0 Å². The highest BCUT2D eigenvalue weighted by molar-refractivity contribution is 9.10. The number of carbonyl (C=O) groups is 2. The summed E-state index contributed by atoms with van der Waals surface area (Å²) in [6, 6.07) is 12.8. The van der Waals surface area contributed by atoms with Crippen LogP contribution in [0.1, 0.15) is 15.9 Å². The van der Waals surface area contributed by atoms with Gasteiger partial charge in [-0.1, -0.05) is 0 Å². The molecule has 1 aliphatic heterocycles. The summed E-state index contributed by atoms with van der Waals surface area (Å²) in [6.45, 7) is 0. The molecule has 3 aromatic rings. The highest BCUT2D eigenvalue weighted by atomic mass is 79.9. The molecule has 7 heteroatoms. The second kappa shape index (κ2) is 6.61. The van der Waals surface area contributed by atoms with Crippen molar-refractivity contribution in [2.75, 3.05) is 5.32 Å². The van der Waals surface area contributed by atoms with Gasteiger partial charge in [-0.15, -0.1) is 0 Å². The maximum Gasteiger partial charge on any atom is 0.260 e. The first kappa shape index (κ1) is 16.3. The lowest BCUT2D eigenvalue weighted by molar-refractivity contribution is -0.114. The summed E-state index contributed by atoms with van der Waals surface area (Å²) in [4.78, 5) is 28.7. The quantitative estimate of drug-likeness (QED) is 0.514. The second-order valence-electron chi connectivity index (χ2n) is 5.67. The highest BCUT2D eigenvalue weighted by Gasteiger charge is 2.27. The maximum absolute atomic E-state index is 12.4. The van der Waals surface area contributed by atoms with Gasteiger partial charge < -0.3 is 9.88 Å². The molecule has 1 aromatic carbocycles. The molecular formula is C19H13BrN4O2. The molecule has 0 fully saturated rings. The van der Waals surface area contributed by atoms with E-state index in [4.69, 9.17) is 0 Å². The van der Waals surface area contributed by atoms with Crippen molar-refractivity contribution in [2.45, 2.75) is 0 Å². The van der Waals surface area contributed by atoms with Gasteiger partial charge in [0.1, 0.15) is 5.82 Å². The Bertz CT molecular complexity index is 1020. The van der Waals surface area contributed by atoms with Crippen molar-refractivity contribution >= 4 is 39.1 Å². The zero-order valence-electron chi connectivity index (χ0n) is 13.4. The Morgan fingerprint density at radius 3 is 2.58 bits per heavy atom. The van der Waals surface area contributed by atoms with Crippen molar-refractivity contribution < 1.29 is 9.59 Å². The number of nitrogens with zero attached hydrogens (tertiary/aromatic N) is 2. The van der Waals surface area contributed by atoms with Crippen LogP contribution in [-0.2, 0) is 4.79 Å². The molecule has 0 saturated carbocycles. The topological polar surface area (TPSA) is 76.0 Å². The fraction of sp³-hybridized carbons (Fsp3) is 0. The molecule has 0 saturated heterocycles. The lowest BCUT2D eigenvalue weighted by Gasteiger charge is -2.19. The summed E-state index contributed by atoms with van der Waals surface area (Å²) >= 11 is 3.33. The van der Waals surface area contributed by atoms with Crippen molar-refractivity contribution in [3.63, 3.8) is 0 Å². The molecule has 0 radical (unpaired) electrons. The summed E-state index contributed by atoms with van der Waals surface area (Å²) in [7, 11) is 0. The smallest absolute Gasteiger partial charge is 0.260 e. The standard InChI is InChI=1S/C19H13BrN4O2/c20-12-3-6-17(21-10-12)22-11-16-15-9-13(24-7-1-2-8-24)4-5-14(15)18(25)23-19(16)26/h1-11H,(H,21,22)(H,23,25,26). The summed E-state index contributed by atoms with van der Waals surface area (Å²) < 4.78 is 2.77. The molecule has 128 valence electrons. The van der Waals surface area contributed by atoms with Gasteiger partial charge in [-0.05, 0) is 58.4 Å². The molecular weight excluding hydrogens is 396 g/mol. The molecule has 1 aliphatic rings. The SMILES string of the molecule is O=C1NC(=O)c2ccc(-n3cccc3)cc2C1=CNc1ccc(Br)cn1. The third-order valence-corrected chi connectivity index (χ3v) is 4.47. The lowest BCUT2D eigenvalue weighted by Crippen LogP contribution is -2.36. The normalized spacial score (nSPS) is 14.9. The van der Waals surface area contributed by atoms with Crippen LogP contribution in [0.25, 0.3) is 11.3 Å². The van der Waals surface area contributed by atoms with Gasteiger partial charge in [0.25, 0.3) is 11.8 Å². The summed E-state index contributed by atoms with van der Waals surface area (Å²) in [5, 5.41) is 5.37. The minimum absolute atomic E-state index is 0.373. The monoisotopic (exact) mass is 408 g/mol. The van der Waals surface area contributed by atoms with E-state index >= 15 is 0 Å². The Hall–Kier alpha value is -3.19. The van der Waals surface area contributed by atoms with E-state index in [1.165, 1.54) is 0 Å². The van der Waals surface area contributed by atoms with Crippen LogP contribution in [0, 0.1) is 0 Å². The van der Waals surface area contributed by atoms with Crippen LogP contribution in [0.15, 0.2) is 71.7 Å². The van der Waals surface area contributed by atoms with Gasteiger partial charge in [0.15, 0.2) is 0 Å². The number of carbonyl (C=O) groups excluding carboxylic acids is 2. The van der Waals surface area contributed by atoms with Gasteiger partial charge in [0, 0.05) is 46.1 Å². The van der Waals surface area contributed by atoms with E-state index in [9.17, 15) is 9.59 Å². The zero-order valence-corrected chi connectivity index (χ0v) is 15.0. The summed E-state index contributed by atoms with van der Waals surface area (Å²) in [6.07, 6.45) is 7.03. The van der Waals surface area contributed by atoms with Crippen molar-refractivity contribution in [3.8, 4) is 5.69 Å². The Kier molecular flexibility index (Phi) is 4.14. The highest BCUT2D eigenvalue weighted by Crippen LogP contribution is 2.27. The van der Waals surface area contributed by atoms with Crippen LogP contribution in [0.3, 0.4) is 0 Å². The van der Waals surface area contributed by atoms with E-state index in [0.29, 0.717) is 22.5 Å². The van der Waals surface area contributed by atoms with Crippen molar-refractivity contribution in [1.82, 2.24) is 14.9 Å². The molecule has 0 spiro atoms. The van der Waals surface area contributed by atoms with Crippen LogP contribution in [-0.4, -0.2) is 21.4 Å². The van der Waals surface area contributed by atoms with Gasteiger partial charge >= 0.3 is 0 Å². The fourth-order valence-corrected chi connectivity index (χ4v) is 2.97. The Morgan fingerprint density at radius 2 is 1.85 bits per heavy atom. The number of halogens is 1. The van der Waals surface area contributed by atoms with Crippen LogP contribution in [0.4, 0.5) is 5.82 Å². The van der Waals surface area contributed by atoms with E-state index in [1.54, 1.807) is 24.5 Å². The third kappa shape index (κ3) is 3.04. The average molecular weight is 409 g/mol. The number of hydrogen-bond acceptors (Lipinski definition) is 4. The number of nitrogens with one attached hydrogen (secondary N) is 2. The number of fused-ring (bicyclic) bond motifs is 1. The molecule has 0 unspecified atom stereocenters. The third-order valence-electron chi connectivity index (χ3n) is 4.00. The van der Waals surface area contributed by atoms with Gasteiger partial charge in [0.05, 0.1) is 5.57 Å². The van der Waals surface area contributed by atoms with Crippen molar-refractivity contribution in [1.29, 1.82) is 0 Å². The minimum atomic E-state index is -0.447. The van der Waals surface area contributed by atoms with Crippen LogP contribution in [0.5, 0.6) is 0 Å². The molecule has 2 N–H and O–H groups in total. The number of pyridine rings is 1. The van der Waals surface area contributed by atoms with Crippen molar-refractivity contribution in [2.24, 2.45) is 0 Å². The number of anilines is 1. The Labute approximate surface area is 157 Å².